The van der Waals surface area contributed by atoms with Gasteiger partial charge in [-0.2, -0.15) is 13.2 Å². The van der Waals surface area contributed by atoms with Gasteiger partial charge in [0.2, 0.25) is 5.91 Å². The van der Waals surface area contributed by atoms with E-state index in [2.05, 4.69) is 10.6 Å². The van der Waals surface area contributed by atoms with Crippen LogP contribution in [0.2, 0.25) is 0 Å². The molecule has 27 heavy (non-hydrogen) atoms. The minimum atomic E-state index is -4.36. The lowest BCUT2D eigenvalue weighted by Crippen LogP contribution is -2.48. The standard InChI is InChI=1S/C19H25F3N2O2.ClH/c1-13(14-5-7-16(8-6-14)26-12-19(20,21)22)24-17(25)18-9-3-2-4-15(18)10-23-11-18;/h5-8,13,15,23H,2-4,9-12H2,1H3,(H,24,25);1H/t13?,15-,18+;/m0./s1. The van der Waals surface area contributed by atoms with Crippen molar-refractivity contribution in [2.45, 2.75) is 44.8 Å². The summed E-state index contributed by atoms with van der Waals surface area (Å²) in [6.07, 6.45) is -0.111. The topological polar surface area (TPSA) is 50.4 Å². The van der Waals surface area contributed by atoms with Crippen LogP contribution < -0.4 is 15.4 Å². The van der Waals surface area contributed by atoms with Crippen LogP contribution in [-0.2, 0) is 4.79 Å². The summed E-state index contributed by atoms with van der Waals surface area (Å²) in [6.45, 7) is 2.20. The molecule has 0 spiro atoms. The van der Waals surface area contributed by atoms with Crippen LogP contribution >= 0.6 is 12.4 Å². The first-order chi connectivity index (χ1) is 12.3. The van der Waals surface area contributed by atoms with Crippen molar-refractivity contribution in [1.29, 1.82) is 0 Å². The number of halogens is 4. The molecule has 3 atom stereocenters. The quantitative estimate of drug-likeness (QED) is 0.776. The molecule has 1 amide bonds. The second-order valence-corrected chi connectivity index (χ2v) is 7.40. The normalized spacial score (nSPS) is 25.9. The van der Waals surface area contributed by atoms with E-state index in [1.807, 2.05) is 6.92 Å². The van der Waals surface area contributed by atoms with E-state index in [1.165, 1.54) is 18.6 Å². The van der Waals surface area contributed by atoms with E-state index in [0.717, 1.165) is 37.9 Å². The van der Waals surface area contributed by atoms with Crippen molar-refractivity contribution in [1.82, 2.24) is 10.6 Å². The minimum Gasteiger partial charge on any atom is -0.484 e. The third-order valence-electron chi connectivity index (χ3n) is 5.62. The lowest BCUT2D eigenvalue weighted by molar-refractivity contribution is -0.153. The smallest absolute Gasteiger partial charge is 0.422 e. The molecule has 1 aromatic rings. The Kier molecular flexibility index (Phi) is 7.03. The Morgan fingerprint density at radius 1 is 1.33 bits per heavy atom. The molecule has 1 unspecified atom stereocenters. The number of fused-ring (bicyclic) bond motifs is 1. The van der Waals surface area contributed by atoms with Gasteiger partial charge in [0.05, 0.1) is 11.5 Å². The summed E-state index contributed by atoms with van der Waals surface area (Å²) in [4.78, 5) is 13.0. The highest BCUT2D eigenvalue weighted by molar-refractivity contribution is 5.85. The predicted octanol–water partition coefficient (Wildman–Crippen LogP) is 4.01. The molecule has 0 radical (unpaired) electrons. The van der Waals surface area contributed by atoms with Gasteiger partial charge in [-0.3, -0.25) is 4.79 Å². The molecular formula is C19H26ClF3N2O2. The second-order valence-electron chi connectivity index (χ2n) is 7.40. The molecule has 1 aliphatic heterocycles. The highest BCUT2D eigenvalue weighted by Gasteiger charge is 2.49. The minimum absolute atomic E-state index is 0. The van der Waals surface area contributed by atoms with Gasteiger partial charge in [0.1, 0.15) is 5.75 Å². The molecule has 3 rings (SSSR count). The van der Waals surface area contributed by atoms with E-state index < -0.39 is 12.8 Å². The zero-order chi connectivity index (χ0) is 18.8. The largest absolute Gasteiger partial charge is 0.484 e. The lowest BCUT2D eigenvalue weighted by Gasteiger charge is -2.38. The number of ether oxygens (including phenoxy) is 1. The van der Waals surface area contributed by atoms with Crippen molar-refractivity contribution in [2.75, 3.05) is 19.7 Å². The Labute approximate surface area is 163 Å². The van der Waals surface area contributed by atoms with Crippen molar-refractivity contribution < 1.29 is 22.7 Å². The van der Waals surface area contributed by atoms with E-state index in [0.29, 0.717) is 5.92 Å². The van der Waals surface area contributed by atoms with Gasteiger partial charge in [-0.05, 0) is 49.9 Å². The molecule has 152 valence electrons. The summed E-state index contributed by atoms with van der Waals surface area (Å²) >= 11 is 0. The number of amides is 1. The van der Waals surface area contributed by atoms with Gasteiger partial charge in [0, 0.05) is 6.54 Å². The molecule has 1 aliphatic carbocycles. The molecule has 1 saturated carbocycles. The van der Waals surface area contributed by atoms with Crippen molar-refractivity contribution in [3.05, 3.63) is 29.8 Å². The molecule has 1 aromatic carbocycles. The van der Waals surface area contributed by atoms with E-state index in [4.69, 9.17) is 4.74 Å². The molecular weight excluding hydrogens is 381 g/mol. The van der Waals surface area contributed by atoms with Crippen LogP contribution in [0.15, 0.2) is 24.3 Å². The average Bonchev–Trinajstić information content (AvgIpc) is 3.05. The van der Waals surface area contributed by atoms with Crippen LogP contribution in [0.5, 0.6) is 5.75 Å². The van der Waals surface area contributed by atoms with Crippen LogP contribution in [0.1, 0.15) is 44.2 Å². The summed E-state index contributed by atoms with van der Waals surface area (Å²) in [5.74, 6) is 0.634. The first-order valence-electron chi connectivity index (χ1n) is 9.11. The highest BCUT2D eigenvalue weighted by Crippen LogP contribution is 2.44. The third-order valence-corrected chi connectivity index (χ3v) is 5.62. The van der Waals surface area contributed by atoms with Gasteiger partial charge >= 0.3 is 6.18 Å². The Bertz CT molecular complexity index is 639. The number of benzene rings is 1. The summed E-state index contributed by atoms with van der Waals surface area (Å²) in [5.41, 5.74) is 0.523. The van der Waals surface area contributed by atoms with Crippen LogP contribution in [0.4, 0.5) is 13.2 Å². The van der Waals surface area contributed by atoms with Gasteiger partial charge in [-0.15, -0.1) is 12.4 Å². The zero-order valence-electron chi connectivity index (χ0n) is 15.3. The van der Waals surface area contributed by atoms with E-state index in [-0.39, 0.29) is 35.5 Å². The Morgan fingerprint density at radius 3 is 2.70 bits per heavy atom. The van der Waals surface area contributed by atoms with E-state index in [9.17, 15) is 18.0 Å². The van der Waals surface area contributed by atoms with Crippen LogP contribution in [0, 0.1) is 11.3 Å². The van der Waals surface area contributed by atoms with Gasteiger partial charge < -0.3 is 15.4 Å². The molecule has 4 nitrogen and oxygen atoms in total. The van der Waals surface area contributed by atoms with Crippen molar-refractivity contribution >= 4 is 18.3 Å². The number of rotatable bonds is 5. The third kappa shape index (κ3) is 5.08. The van der Waals surface area contributed by atoms with Crippen molar-refractivity contribution in [2.24, 2.45) is 11.3 Å². The predicted molar refractivity (Wildman–Crippen MR) is 99.1 cm³/mol. The number of carbonyl (C=O) groups excluding carboxylic acids is 1. The average molecular weight is 407 g/mol. The number of carbonyl (C=O) groups is 1. The maximum Gasteiger partial charge on any atom is 0.422 e. The maximum atomic E-state index is 13.0. The van der Waals surface area contributed by atoms with Crippen molar-refractivity contribution in [3.63, 3.8) is 0 Å². The molecule has 2 N–H and O–H groups in total. The zero-order valence-corrected chi connectivity index (χ0v) is 16.1. The molecule has 1 saturated heterocycles. The van der Waals surface area contributed by atoms with Crippen LogP contribution in [-0.4, -0.2) is 31.8 Å². The van der Waals surface area contributed by atoms with Gasteiger partial charge in [-0.25, -0.2) is 0 Å². The van der Waals surface area contributed by atoms with Gasteiger partial charge in [0.25, 0.3) is 0 Å². The Hall–Kier alpha value is -1.47. The Morgan fingerprint density at radius 2 is 2.04 bits per heavy atom. The van der Waals surface area contributed by atoms with Crippen LogP contribution in [0.25, 0.3) is 0 Å². The number of nitrogens with one attached hydrogen (secondary N) is 2. The monoisotopic (exact) mass is 406 g/mol. The Balaban J connectivity index is 0.00000261. The van der Waals surface area contributed by atoms with Crippen molar-refractivity contribution in [3.8, 4) is 5.75 Å². The molecule has 2 fully saturated rings. The molecule has 0 bridgehead atoms. The number of hydrogen-bond donors (Lipinski definition) is 2. The highest BCUT2D eigenvalue weighted by atomic mass is 35.5. The first kappa shape index (κ1) is 21.8. The molecule has 0 aromatic heterocycles. The van der Waals surface area contributed by atoms with Gasteiger partial charge in [0.15, 0.2) is 6.61 Å². The van der Waals surface area contributed by atoms with E-state index in [1.54, 1.807) is 12.1 Å². The van der Waals surface area contributed by atoms with Crippen LogP contribution in [0.3, 0.4) is 0 Å². The fourth-order valence-electron chi connectivity index (χ4n) is 4.13. The fraction of sp³-hybridized carbons (Fsp3) is 0.632. The molecule has 8 heteroatoms. The first-order valence-corrected chi connectivity index (χ1v) is 9.11. The molecule has 1 heterocycles. The SMILES string of the molecule is CC(NC(=O)[C@@]12CCCC[C@H]1CNC2)c1ccc(OCC(F)(F)F)cc1.Cl. The summed E-state index contributed by atoms with van der Waals surface area (Å²) in [5, 5.41) is 6.47. The maximum absolute atomic E-state index is 13.0. The number of alkyl halides is 3. The second kappa shape index (κ2) is 8.69. The lowest BCUT2D eigenvalue weighted by atomic mass is 9.67. The van der Waals surface area contributed by atoms with Gasteiger partial charge in [-0.1, -0.05) is 25.0 Å². The fourth-order valence-corrected chi connectivity index (χ4v) is 4.13. The van der Waals surface area contributed by atoms with E-state index >= 15 is 0 Å². The molecule has 2 aliphatic rings. The summed E-state index contributed by atoms with van der Waals surface area (Å²) in [7, 11) is 0. The number of hydrogen-bond acceptors (Lipinski definition) is 3. The summed E-state index contributed by atoms with van der Waals surface area (Å²) in [6, 6.07) is 6.18. The summed E-state index contributed by atoms with van der Waals surface area (Å²) < 4.78 is 41.3.